The summed E-state index contributed by atoms with van der Waals surface area (Å²) in [4.78, 5) is 14.8. The standard InChI is InChI=1S/C22H20FN3O/c1-25-20-8-3-2-7-18(20)21(19(14-24)22(25)27)26-11-9-15(10-12-26)16-5-4-6-17(23)13-16/h2-8,13,15H,9-12H2,1H3. The first-order chi connectivity index (χ1) is 13.1. The molecule has 1 aliphatic heterocycles. The van der Waals surface area contributed by atoms with Crippen molar-refractivity contribution in [2.75, 3.05) is 18.0 Å². The second kappa shape index (κ2) is 6.88. The number of anilines is 1. The quantitative estimate of drug-likeness (QED) is 0.695. The van der Waals surface area contributed by atoms with Crippen molar-refractivity contribution in [3.8, 4) is 6.07 Å². The number of halogens is 1. The van der Waals surface area contributed by atoms with Gasteiger partial charge in [-0.1, -0.05) is 30.3 Å². The zero-order valence-electron chi connectivity index (χ0n) is 15.2. The van der Waals surface area contributed by atoms with E-state index in [1.54, 1.807) is 19.2 Å². The van der Waals surface area contributed by atoms with Gasteiger partial charge in [0, 0.05) is 25.5 Å². The molecule has 4 rings (SSSR count). The molecule has 0 bridgehead atoms. The van der Waals surface area contributed by atoms with Gasteiger partial charge in [-0.3, -0.25) is 4.79 Å². The fourth-order valence-electron chi connectivity index (χ4n) is 4.11. The van der Waals surface area contributed by atoms with Crippen LogP contribution in [0.15, 0.2) is 53.3 Å². The number of aryl methyl sites for hydroxylation is 1. The van der Waals surface area contributed by atoms with Crippen LogP contribution in [0.3, 0.4) is 0 Å². The lowest BCUT2D eigenvalue weighted by Gasteiger charge is -2.35. The van der Waals surface area contributed by atoms with Crippen LogP contribution in [0.5, 0.6) is 0 Å². The second-order valence-electron chi connectivity index (χ2n) is 7.03. The molecule has 3 aromatic rings. The minimum absolute atomic E-state index is 0.195. The van der Waals surface area contributed by atoms with Gasteiger partial charge in [0.25, 0.3) is 5.56 Å². The van der Waals surface area contributed by atoms with Gasteiger partial charge in [0.05, 0.1) is 11.2 Å². The lowest BCUT2D eigenvalue weighted by Crippen LogP contribution is -2.35. The predicted molar refractivity (Wildman–Crippen MR) is 104 cm³/mol. The fraction of sp³-hybridized carbons (Fsp3) is 0.273. The van der Waals surface area contributed by atoms with Gasteiger partial charge in [0.1, 0.15) is 17.4 Å². The Morgan fingerprint density at radius 3 is 2.56 bits per heavy atom. The monoisotopic (exact) mass is 361 g/mol. The van der Waals surface area contributed by atoms with Crippen molar-refractivity contribution in [1.82, 2.24) is 4.57 Å². The Morgan fingerprint density at radius 2 is 1.85 bits per heavy atom. The average Bonchev–Trinajstić information content (AvgIpc) is 2.70. The molecule has 1 saturated heterocycles. The maximum absolute atomic E-state index is 13.5. The Balaban J connectivity index is 1.71. The molecule has 0 aliphatic carbocycles. The van der Waals surface area contributed by atoms with E-state index in [-0.39, 0.29) is 16.9 Å². The van der Waals surface area contributed by atoms with Gasteiger partial charge in [-0.15, -0.1) is 0 Å². The number of hydrogen-bond acceptors (Lipinski definition) is 3. The minimum Gasteiger partial charge on any atom is -0.370 e. The maximum Gasteiger partial charge on any atom is 0.270 e. The molecule has 2 aromatic carbocycles. The summed E-state index contributed by atoms with van der Waals surface area (Å²) in [6, 6.07) is 16.6. The average molecular weight is 361 g/mol. The second-order valence-corrected chi connectivity index (χ2v) is 7.03. The minimum atomic E-state index is -0.265. The molecule has 5 heteroatoms. The van der Waals surface area contributed by atoms with E-state index in [9.17, 15) is 14.4 Å². The van der Waals surface area contributed by atoms with Crippen molar-refractivity contribution >= 4 is 16.6 Å². The first-order valence-electron chi connectivity index (χ1n) is 9.12. The van der Waals surface area contributed by atoms with Gasteiger partial charge < -0.3 is 9.47 Å². The number of hydrogen-bond donors (Lipinski definition) is 0. The van der Waals surface area contributed by atoms with Crippen LogP contribution in [0, 0.1) is 17.1 Å². The van der Waals surface area contributed by atoms with Gasteiger partial charge in [0.2, 0.25) is 0 Å². The lowest BCUT2D eigenvalue weighted by atomic mass is 9.89. The van der Waals surface area contributed by atoms with Gasteiger partial charge >= 0.3 is 0 Å². The first kappa shape index (κ1) is 17.3. The highest BCUT2D eigenvalue weighted by molar-refractivity contribution is 5.94. The van der Waals surface area contributed by atoms with Crippen LogP contribution in [0.25, 0.3) is 10.9 Å². The summed E-state index contributed by atoms with van der Waals surface area (Å²) >= 11 is 0. The molecule has 0 radical (unpaired) electrons. The number of rotatable bonds is 2. The number of benzene rings is 2. The van der Waals surface area contributed by atoms with E-state index in [4.69, 9.17) is 0 Å². The Hall–Kier alpha value is -3.13. The topological polar surface area (TPSA) is 49.0 Å². The molecule has 0 atom stereocenters. The molecular weight excluding hydrogens is 341 g/mol. The van der Waals surface area contributed by atoms with Crippen LogP contribution in [0.1, 0.15) is 29.9 Å². The van der Waals surface area contributed by atoms with Crippen LogP contribution in [0.4, 0.5) is 10.1 Å². The molecule has 0 N–H and O–H groups in total. The van der Waals surface area contributed by atoms with Crippen LogP contribution >= 0.6 is 0 Å². The summed E-state index contributed by atoms with van der Waals surface area (Å²) in [6.45, 7) is 1.46. The summed E-state index contributed by atoms with van der Waals surface area (Å²) in [5, 5.41) is 10.6. The van der Waals surface area contributed by atoms with E-state index in [1.807, 2.05) is 30.3 Å². The van der Waals surface area contributed by atoms with Gasteiger partial charge in [-0.05, 0) is 42.5 Å². The number of nitriles is 1. The number of pyridine rings is 1. The smallest absolute Gasteiger partial charge is 0.270 e. The van der Waals surface area contributed by atoms with Gasteiger partial charge in [-0.25, -0.2) is 4.39 Å². The molecule has 136 valence electrons. The normalized spacial score (nSPS) is 15.1. The largest absolute Gasteiger partial charge is 0.370 e. The molecule has 1 aromatic heterocycles. The van der Waals surface area contributed by atoms with E-state index in [2.05, 4.69) is 11.0 Å². The predicted octanol–water partition coefficient (Wildman–Crippen LogP) is 3.93. The number of para-hydroxylation sites is 1. The third kappa shape index (κ3) is 2.97. The number of aromatic nitrogens is 1. The Kier molecular flexibility index (Phi) is 4.41. The Bertz CT molecular complexity index is 1100. The highest BCUT2D eigenvalue weighted by Crippen LogP contribution is 2.34. The molecule has 4 nitrogen and oxygen atoms in total. The molecule has 2 heterocycles. The van der Waals surface area contributed by atoms with Crippen LogP contribution in [0.2, 0.25) is 0 Å². The molecule has 0 unspecified atom stereocenters. The molecule has 0 saturated carbocycles. The van der Waals surface area contributed by atoms with Crippen molar-refractivity contribution in [2.45, 2.75) is 18.8 Å². The van der Waals surface area contributed by atoms with Crippen molar-refractivity contribution in [3.05, 3.63) is 75.8 Å². The number of fused-ring (bicyclic) bond motifs is 1. The van der Waals surface area contributed by atoms with E-state index in [1.165, 1.54) is 10.6 Å². The van der Waals surface area contributed by atoms with Crippen LogP contribution < -0.4 is 10.5 Å². The summed E-state index contributed by atoms with van der Waals surface area (Å²) in [6.07, 6.45) is 1.72. The highest BCUT2D eigenvalue weighted by Gasteiger charge is 2.26. The Morgan fingerprint density at radius 1 is 1.11 bits per heavy atom. The van der Waals surface area contributed by atoms with Crippen molar-refractivity contribution < 1.29 is 4.39 Å². The SMILES string of the molecule is Cn1c(=O)c(C#N)c(N2CCC(c3cccc(F)c3)CC2)c2ccccc21. The summed E-state index contributed by atoms with van der Waals surface area (Å²) in [7, 11) is 1.70. The molecule has 27 heavy (non-hydrogen) atoms. The molecule has 1 fully saturated rings. The molecule has 0 amide bonds. The summed E-state index contributed by atoms with van der Waals surface area (Å²) in [5.41, 5.74) is 2.50. The van der Waals surface area contributed by atoms with Crippen molar-refractivity contribution in [2.24, 2.45) is 7.05 Å². The van der Waals surface area contributed by atoms with Crippen molar-refractivity contribution in [3.63, 3.8) is 0 Å². The van der Waals surface area contributed by atoms with Crippen LogP contribution in [-0.2, 0) is 7.05 Å². The number of piperidine rings is 1. The van der Waals surface area contributed by atoms with Crippen molar-refractivity contribution in [1.29, 1.82) is 5.26 Å². The molecule has 1 aliphatic rings. The van der Waals surface area contributed by atoms with E-state index in [0.29, 0.717) is 5.92 Å². The molecular formula is C22H20FN3O. The molecule has 0 spiro atoms. The zero-order valence-corrected chi connectivity index (χ0v) is 15.2. The van der Waals surface area contributed by atoms with E-state index in [0.717, 1.165) is 48.1 Å². The van der Waals surface area contributed by atoms with E-state index >= 15 is 0 Å². The first-order valence-corrected chi connectivity index (χ1v) is 9.12. The summed E-state index contributed by atoms with van der Waals surface area (Å²) in [5.74, 6) is 0.0829. The highest BCUT2D eigenvalue weighted by atomic mass is 19.1. The maximum atomic E-state index is 13.5. The fourth-order valence-corrected chi connectivity index (χ4v) is 4.11. The Labute approximate surface area is 157 Å². The third-order valence-electron chi connectivity index (χ3n) is 5.52. The van der Waals surface area contributed by atoms with Crippen LogP contribution in [-0.4, -0.2) is 17.7 Å². The summed E-state index contributed by atoms with van der Waals surface area (Å²) < 4.78 is 15.1. The van der Waals surface area contributed by atoms with Gasteiger partial charge in [-0.2, -0.15) is 5.26 Å². The number of nitrogens with zero attached hydrogens (tertiary/aromatic N) is 3. The van der Waals surface area contributed by atoms with Gasteiger partial charge in [0.15, 0.2) is 0 Å². The van der Waals surface area contributed by atoms with E-state index < -0.39 is 0 Å². The lowest BCUT2D eigenvalue weighted by molar-refractivity contribution is 0.502. The third-order valence-corrected chi connectivity index (χ3v) is 5.52. The zero-order chi connectivity index (χ0) is 19.0.